The third kappa shape index (κ3) is 3.70. The van der Waals surface area contributed by atoms with E-state index in [0.29, 0.717) is 10.6 Å². The van der Waals surface area contributed by atoms with Gasteiger partial charge in [-0.05, 0) is 42.0 Å². The first-order valence-electron chi connectivity index (χ1n) is 5.50. The zero-order valence-corrected chi connectivity index (χ0v) is 12.5. The van der Waals surface area contributed by atoms with Crippen LogP contribution < -0.4 is 4.74 Å². The first kappa shape index (κ1) is 14.3. The van der Waals surface area contributed by atoms with E-state index in [1.165, 1.54) is 17.8 Å². The highest BCUT2D eigenvalue weighted by Crippen LogP contribution is 2.31. The number of thioether (sulfide) groups is 1. The van der Waals surface area contributed by atoms with E-state index in [-0.39, 0.29) is 0 Å². The van der Waals surface area contributed by atoms with Crippen molar-refractivity contribution in [2.75, 3.05) is 7.11 Å². The van der Waals surface area contributed by atoms with E-state index in [1.54, 1.807) is 7.11 Å². The normalized spacial score (nSPS) is 10.5. The molecule has 0 heterocycles. The molecule has 1 nitrogen and oxygen atoms in total. The van der Waals surface area contributed by atoms with Crippen LogP contribution in [0, 0.1) is 11.6 Å². The summed E-state index contributed by atoms with van der Waals surface area (Å²) in [5.41, 5.74) is 0.966. The molecule has 0 aromatic heterocycles. The van der Waals surface area contributed by atoms with Crippen molar-refractivity contribution in [3.05, 3.63) is 58.1 Å². The molecular formula is C14H11BrF2OS. The number of ether oxygens (including phenoxy) is 1. The molecule has 2 rings (SSSR count). The Balaban J connectivity index is 2.16. The summed E-state index contributed by atoms with van der Waals surface area (Å²) in [5.74, 6) is 0.413. The molecule has 0 saturated carbocycles. The van der Waals surface area contributed by atoms with Gasteiger partial charge in [0, 0.05) is 15.1 Å². The number of hydrogen-bond donors (Lipinski definition) is 0. The van der Waals surface area contributed by atoms with Crippen LogP contribution in [0.3, 0.4) is 0 Å². The van der Waals surface area contributed by atoms with Crippen LogP contribution in [0.2, 0.25) is 0 Å². The van der Waals surface area contributed by atoms with Crippen LogP contribution in [0.5, 0.6) is 5.75 Å². The van der Waals surface area contributed by atoms with Crippen LogP contribution in [0.25, 0.3) is 0 Å². The zero-order chi connectivity index (χ0) is 13.8. The predicted octanol–water partition coefficient (Wildman–Crippen LogP) is 5.03. The van der Waals surface area contributed by atoms with Gasteiger partial charge >= 0.3 is 0 Å². The summed E-state index contributed by atoms with van der Waals surface area (Å²) in [7, 11) is 1.59. The van der Waals surface area contributed by atoms with Crippen molar-refractivity contribution in [2.45, 2.75) is 10.6 Å². The fraction of sp³-hybridized carbons (Fsp3) is 0.143. The largest absolute Gasteiger partial charge is 0.497 e. The lowest BCUT2D eigenvalue weighted by Crippen LogP contribution is -1.89. The minimum Gasteiger partial charge on any atom is -0.497 e. The second-order valence-corrected chi connectivity index (χ2v) is 5.69. The summed E-state index contributed by atoms with van der Waals surface area (Å²) in [6.07, 6.45) is 0. The number of benzene rings is 2. The fourth-order valence-electron chi connectivity index (χ4n) is 1.53. The van der Waals surface area contributed by atoms with Crippen LogP contribution in [0.4, 0.5) is 8.78 Å². The molecule has 0 unspecified atom stereocenters. The number of halogens is 3. The predicted molar refractivity (Wildman–Crippen MR) is 76.6 cm³/mol. The van der Waals surface area contributed by atoms with Gasteiger partial charge in [-0.2, -0.15) is 0 Å². The van der Waals surface area contributed by atoms with Gasteiger partial charge in [0.05, 0.1) is 7.11 Å². The Morgan fingerprint density at radius 3 is 2.68 bits per heavy atom. The minimum atomic E-state index is -0.436. The van der Waals surface area contributed by atoms with E-state index >= 15 is 0 Å². The fourth-order valence-corrected chi connectivity index (χ4v) is 3.06. The van der Waals surface area contributed by atoms with Crippen LogP contribution in [-0.2, 0) is 5.75 Å². The lowest BCUT2D eigenvalue weighted by molar-refractivity contribution is 0.414. The van der Waals surface area contributed by atoms with E-state index in [2.05, 4.69) is 15.9 Å². The quantitative estimate of drug-likeness (QED) is 0.719. The third-order valence-electron chi connectivity index (χ3n) is 2.53. The lowest BCUT2D eigenvalue weighted by atomic mass is 10.2. The van der Waals surface area contributed by atoms with Crippen LogP contribution in [-0.4, -0.2) is 7.11 Å². The Morgan fingerprint density at radius 1 is 1.16 bits per heavy atom. The van der Waals surface area contributed by atoms with Crippen molar-refractivity contribution in [1.82, 2.24) is 0 Å². The Kier molecular flexibility index (Phi) is 4.82. The molecule has 0 aliphatic heterocycles. The monoisotopic (exact) mass is 344 g/mol. The summed E-state index contributed by atoms with van der Waals surface area (Å²) >= 11 is 4.68. The van der Waals surface area contributed by atoms with Crippen LogP contribution in [0.1, 0.15) is 5.56 Å². The molecule has 2 aromatic rings. The number of rotatable bonds is 4. The molecule has 0 aliphatic carbocycles. The maximum atomic E-state index is 13.5. The summed E-state index contributed by atoms with van der Waals surface area (Å²) in [6, 6.07) is 9.03. The first-order chi connectivity index (χ1) is 9.10. The highest BCUT2D eigenvalue weighted by Gasteiger charge is 2.07. The Morgan fingerprint density at radius 2 is 1.95 bits per heavy atom. The minimum absolute atomic E-state index is 0.301. The molecule has 0 N–H and O–H groups in total. The van der Waals surface area contributed by atoms with Gasteiger partial charge in [-0.15, -0.1) is 11.8 Å². The second kappa shape index (κ2) is 6.39. The van der Waals surface area contributed by atoms with Crippen molar-refractivity contribution in [1.29, 1.82) is 0 Å². The Hall–Kier alpha value is -1.07. The van der Waals surface area contributed by atoms with E-state index < -0.39 is 11.6 Å². The average molecular weight is 345 g/mol. The van der Waals surface area contributed by atoms with Gasteiger partial charge in [0.1, 0.15) is 17.4 Å². The van der Waals surface area contributed by atoms with Gasteiger partial charge in [-0.3, -0.25) is 0 Å². The molecule has 100 valence electrons. The van der Waals surface area contributed by atoms with E-state index in [9.17, 15) is 8.78 Å². The molecule has 0 amide bonds. The second-order valence-electron chi connectivity index (χ2n) is 3.82. The van der Waals surface area contributed by atoms with Gasteiger partial charge in [-0.25, -0.2) is 8.78 Å². The highest BCUT2D eigenvalue weighted by molar-refractivity contribution is 9.10. The molecule has 5 heteroatoms. The zero-order valence-electron chi connectivity index (χ0n) is 10.1. The van der Waals surface area contributed by atoms with Gasteiger partial charge in [0.2, 0.25) is 0 Å². The maximum Gasteiger partial charge on any atom is 0.136 e. The molecule has 2 aromatic carbocycles. The summed E-state index contributed by atoms with van der Waals surface area (Å²) < 4.78 is 32.6. The SMILES string of the molecule is COc1ccc(Br)c(CSc2cc(F)ccc2F)c1. The van der Waals surface area contributed by atoms with Crippen molar-refractivity contribution in [3.8, 4) is 5.75 Å². The molecule has 0 fully saturated rings. The molecule has 0 radical (unpaired) electrons. The molecule has 0 saturated heterocycles. The maximum absolute atomic E-state index is 13.5. The lowest BCUT2D eigenvalue weighted by Gasteiger charge is -2.08. The highest BCUT2D eigenvalue weighted by atomic mass is 79.9. The summed E-state index contributed by atoms with van der Waals surface area (Å²) in [4.78, 5) is 0.301. The molecule has 19 heavy (non-hydrogen) atoms. The van der Waals surface area contributed by atoms with E-state index in [0.717, 1.165) is 27.9 Å². The average Bonchev–Trinajstić information content (AvgIpc) is 2.41. The van der Waals surface area contributed by atoms with Gasteiger partial charge < -0.3 is 4.74 Å². The molecule has 0 aliphatic rings. The summed E-state index contributed by atoms with van der Waals surface area (Å²) in [5, 5.41) is 0. The Bertz CT molecular complexity index is 590. The van der Waals surface area contributed by atoms with Crippen molar-refractivity contribution in [3.63, 3.8) is 0 Å². The van der Waals surface area contributed by atoms with E-state index in [1.807, 2.05) is 18.2 Å². The van der Waals surface area contributed by atoms with Crippen LogP contribution in [0.15, 0.2) is 45.8 Å². The van der Waals surface area contributed by atoms with Crippen molar-refractivity contribution < 1.29 is 13.5 Å². The number of hydrogen-bond acceptors (Lipinski definition) is 2. The third-order valence-corrected chi connectivity index (χ3v) is 4.38. The van der Waals surface area contributed by atoms with Gasteiger partial charge in [0.25, 0.3) is 0 Å². The van der Waals surface area contributed by atoms with Gasteiger partial charge in [-0.1, -0.05) is 15.9 Å². The summed E-state index contributed by atoms with van der Waals surface area (Å²) in [6.45, 7) is 0. The molecule has 0 spiro atoms. The van der Waals surface area contributed by atoms with Crippen LogP contribution >= 0.6 is 27.7 Å². The first-order valence-corrected chi connectivity index (χ1v) is 7.28. The topological polar surface area (TPSA) is 9.23 Å². The van der Waals surface area contributed by atoms with Gasteiger partial charge in [0.15, 0.2) is 0 Å². The molecule has 0 atom stereocenters. The van der Waals surface area contributed by atoms with E-state index in [4.69, 9.17) is 4.74 Å². The molecule has 0 bridgehead atoms. The molecular weight excluding hydrogens is 334 g/mol. The standard InChI is InChI=1S/C14H11BrF2OS/c1-18-11-3-4-12(15)9(6-11)8-19-14-7-10(16)2-5-13(14)17/h2-7H,8H2,1H3. The van der Waals surface area contributed by atoms with Crippen molar-refractivity contribution >= 4 is 27.7 Å². The number of methoxy groups -OCH3 is 1. The smallest absolute Gasteiger partial charge is 0.136 e. The van der Waals surface area contributed by atoms with Crippen molar-refractivity contribution in [2.24, 2.45) is 0 Å². The Labute approximate surface area is 123 Å².